The van der Waals surface area contributed by atoms with E-state index in [0.717, 1.165) is 24.4 Å². The van der Waals surface area contributed by atoms with E-state index in [9.17, 15) is 13.2 Å². The van der Waals surface area contributed by atoms with Crippen molar-refractivity contribution in [2.45, 2.75) is 17.4 Å². The molecule has 2 N–H and O–H groups in total. The fourth-order valence-electron chi connectivity index (χ4n) is 3.99. The summed E-state index contributed by atoms with van der Waals surface area (Å²) in [6.45, 7) is 3.55. The second-order valence-corrected chi connectivity index (χ2v) is 9.47. The Hall–Kier alpha value is -2.95. The molecule has 0 aliphatic carbocycles. The molecule has 2 aliphatic heterocycles. The van der Waals surface area contributed by atoms with Gasteiger partial charge >= 0.3 is 0 Å². The maximum absolute atomic E-state index is 12.5. The minimum Gasteiger partial charge on any atom is -0.497 e. The molecular weight excluding hydrogens is 444 g/mol. The number of amides is 1. The number of rotatable bonds is 8. The van der Waals surface area contributed by atoms with Crippen molar-refractivity contribution in [1.82, 2.24) is 14.9 Å². The maximum Gasteiger partial charge on any atom is 0.263 e. The Balaban J connectivity index is 1.36. The third-order valence-corrected chi connectivity index (χ3v) is 7.15. The van der Waals surface area contributed by atoms with Crippen LogP contribution in [0.15, 0.2) is 58.4 Å². The van der Waals surface area contributed by atoms with Gasteiger partial charge in [0.25, 0.3) is 10.0 Å². The van der Waals surface area contributed by atoms with Gasteiger partial charge in [-0.05, 0) is 29.8 Å². The van der Waals surface area contributed by atoms with E-state index >= 15 is 0 Å². The van der Waals surface area contributed by atoms with Gasteiger partial charge in [-0.15, -0.1) is 0 Å². The van der Waals surface area contributed by atoms with Gasteiger partial charge in [-0.25, -0.2) is 8.42 Å². The number of ether oxygens (including phenoxy) is 2. The number of morpholine rings is 1. The zero-order valence-electron chi connectivity index (χ0n) is 18.5. The first kappa shape index (κ1) is 23.2. The summed E-state index contributed by atoms with van der Waals surface area (Å²) in [5.41, 5.74) is 1.63. The van der Waals surface area contributed by atoms with Crippen molar-refractivity contribution in [3.8, 4) is 5.75 Å². The average molecular weight is 473 g/mol. The van der Waals surface area contributed by atoms with Crippen molar-refractivity contribution in [2.24, 2.45) is 4.99 Å². The maximum atomic E-state index is 12.5. The van der Waals surface area contributed by atoms with Crippen molar-refractivity contribution in [1.29, 1.82) is 0 Å². The van der Waals surface area contributed by atoms with E-state index in [4.69, 9.17) is 9.47 Å². The Morgan fingerprint density at radius 3 is 2.64 bits per heavy atom. The summed E-state index contributed by atoms with van der Waals surface area (Å²) in [7, 11) is -1.95. The quantitative estimate of drug-likeness (QED) is 0.600. The van der Waals surface area contributed by atoms with Crippen LogP contribution in [0.3, 0.4) is 0 Å². The van der Waals surface area contributed by atoms with Crippen LogP contribution in [-0.2, 0) is 19.6 Å². The summed E-state index contributed by atoms with van der Waals surface area (Å²) in [6, 6.07) is 14.6. The first-order chi connectivity index (χ1) is 16.0. The SMILES string of the molecule is COc1ccc([C@H](CNC(=O)CCN=C2NS(=O)(=O)c3ccccc32)N2CCOCC2)cc1. The lowest BCUT2D eigenvalue weighted by Gasteiger charge is -2.35. The van der Waals surface area contributed by atoms with Crippen molar-refractivity contribution >= 4 is 21.8 Å². The van der Waals surface area contributed by atoms with E-state index in [-0.39, 0.29) is 35.6 Å². The molecule has 9 nitrogen and oxygen atoms in total. The van der Waals surface area contributed by atoms with Gasteiger partial charge < -0.3 is 14.8 Å². The van der Waals surface area contributed by atoms with Crippen LogP contribution in [0, 0.1) is 0 Å². The molecule has 0 unspecified atom stereocenters. The molecule has 1 fully saturated rings. The summed E-state index contributed by atoms with van der Waals surface area (Å²) in [5, 5.41) is 3.01. The van der Waals surface area contributed by atoms with E-state index in [2.05, 4.69) is 19.9 Å². The molecule has 0 spiro atoms. The number of hydrogen-bond donors (Lipinski definition) is 2. The number of methoxy groups -OCH3 is 1. The Labute approximate surface area is 193 Å². The molecule has 1 atom stereocenters. The van der Waals surface area contributed by atoms with Gasteiger partial charge in [-0.2, -0.15) is 0 Å². The van der Waals surface area contributed by atoms with Crippen LogP contribution in [0.1, 0.15) is 23.6 Å². The van der Waals surface area contributed by atoms with Crippen LogP contribution in [0.4, 0.5) is 0 Å². The molecule has 0 radical (unpaired) electrons. The van der Waals surface area contributed by atoms with Gasteiger partial charge in [-0.3, -0.25) is 19.4 Å². The first-order valence-electron chi connectivity index (χ1n) is 10.9. The number of nitrogens with one attached hydrogen (secondary N) is 2. The summed E-state index contributed by atoms with van der Waals surface area (Å²) in [4.78, 5) is 19.4. The molecule has 0 bridgehead atoms. The highest BCUT2D eigenvalue weighted by molar-refractivity contribution is 7.90. The second-order valence-electron chi connectivity index (χ2n) is 7.82. The average Bonchev–Trinajstić information content (AvgIpc) is 3.10. The number of carbonyl (C=O) groups is 1. The highest BCUT2D eigenvalue weighted by atomic mass is 32.2. The van der Waals surface area contributed by atoms with Crippen molar-refractivity contribution in [3.05, 3.63) is 59.7 Å². The Morgan fingerprint density at radius 1 is 1.18 bits per heavy atom. The monoisotopic (exact) mass is 472 g/mol. The number of hydrogen-bond acceptors (Lipinski definition) is 7. The zero-order chi connectivity index (χ0) is 23.3. The van der Waals surface area contributed by atoms with Crippen molar-refractivity contribution < 1.29 is 22.7 Å². The van der Waals surface area contributed by atoms with Crippen LogP contribution in [0.25, 0.3) is 0 Å². The van der Waals surface area contributed by atoms with Gasteiger partial charge in [-0.1, -0.05) is 24.3 Å². The lowest BCUT2D eigenvalue weighted by atomic mass is 10.0. The molecule has 10 heteroatoms. The standard InChI is InChI=1S/C23H28N4O5S/c1-31-18-8-6-17(7-9-18)20(27-12-14-32-15-13-27)16-25-22(28)10-11-24-23-19-4-2-3-5-21(19)33(29,30)26-23/h2-9,20H,10-16H2,1H3,(H,24,26)(H,25,28)/t20-/m0/s1. The van der Waals surface area contributed by atoms with Crippen LogP contribution < -0.4 is 14.8 Å². The zero-order valence-corrected chi connectivity index (χ0v) is 19.3. The fraction of sp³-hybridized carbons (Fsp3) is 0.391. The molecule has 4 rings (SSSR count). The van der Waals surface area contributed by atoms with Crippen LogP contribution >= 0.6 is 0 Å². The number of carbonyl (C=O) groups excluding carboxylic acids is 1. The van der Waals surface area contributed by atoms with Crippen molar-refractivity contribution in [2.75, 3.05) is 46.5 Å². The third-order valence-electron chi connectivity index (χ3n) is 5.75. The molecule has 176 valence electrons. The molecule has 2 heterocycles. The van der Waals surface area contributed by atoms with Gasteiger partial charge in [0.2, 0.25) is 5.91 Å². The predicted molar refractivity (Wildman–Crippen MR) is 124 cm³/mol. The van der Waals surface area contributed by atoms with E-state index < -0.39 is 10.0 Å². The number of aliphatic imine (C=N–C) groups is 1. The summed E-state index contributed by atoms with van der Waals surface area (Å²) < 4.78 is 37.5. The topological polar surface area (TPSA) is 109 Å². The van der Waals surface area contributed by atoms with Crippen LogP contribution in [-0.4, -0.2) is 71.6 Å². The normalized spacial score (nSPS) is 19.5. The highest BCUT2D eigenvalue weighted by Crippen LogP contribution is 2.24. The van der Waals surface area contributed by atoms with E-state index in [1.807, 2.05) is 24.3 Å². The van der Waals surface area contributed by atoms with Gasteiger partial charge in [0.15, 0.2) is 0 Å². The van der Waals surface area contributed by atoms with E-state index in [0.29, 0.717) is 25.3 Å². The Kier molecular flexibility index (Phi) is 7.26. The first-order valence-corrected chi connectivity index (χ1v) is 12.4. The molecule has 1 amide bonds. The largest absolute Gasteiger partial charge is 0.497 e. The van der Waals surface area contributed by atoms with Crippen LogP contribution in [0.5, 0.6) is 5.75 Å². The van der Waals surface area contributed by atoms with Crippen molar-refractivity contribution in [3.63, 3.8) is 0 Å². The number of fused-ring (bicyclic) bond motifs is 1. The number of amidine groups is 1. The Morgan fingerprint density at radius 2 is 1.91 bits per heavy atom. The van der Waals surface area contributed by atoms with E-state index in [1.165, 1.54) is 6.07 Å². The number of sulfonamides is 1. The minimum atomic E-state index is -3.58. The minimum absolute atomic E-state index is 0.0172. The molecule has 33 heavy (non-hydrogen) atoms. The summed E-state index contributed by atoms with van der Waals surface area (Å²) in [5.74, 6) is 0.926. The Bertz CT molecular complexity index is 1110. The number of benzene rings is 2. The molecule has 2 aromatic carbocycles. The lowest BCUT2D eigenvalue weighted by molar-refractivity contribution is -0.121. The van der Waals surface area contributed by atoms with Crippen LogP contribution in [0.2, 0.25) is 0 Å². The lowest BCUT2D eigenvalue weighted by Crippen LogP contribution is -2.43. The number of nitrogens with zero attached hydrogens (tertiary/aromatic N) is 2. The summed E-state index contributed by atoms with van der Waals surface area (Å²) in [6.07, 6.45) is 0.159. The van der Waals surface area contributed by atoms with Gasteiger partial charge in [0, 0.05) is 31.6 Å². The molecule has 0 saturated carbocycles. The molecule has 2 aliphatic rings. The second kappa shape index (κ2) is 10.3. The molecule has 1 saturated heterocycles. The third kappa shape index (κ3) is 5.52. The highest BCUT2D eigenvalue weighted by Gasteiger charge is 2.30. The molecular formula is C23H28N4O5S. The van der Waals surface area contributed by atoms with E-state index in [1.54, 1.807) is 25.3 Å². The molecule has 0 aromatic heterocycles. The summed E-state index contributed by atoms with van der Waals surface area (Å²) >= 11 is 0. The smallest absolute Gasteiger partial charge is 0.263 e. The predicted octanol–water partition coefficient (Wildman–Crippen LogP) is 1.31. The fourth-order valence-corrected chi connectivity index (χ4v) is 5.24. The van der Waals surface area contributed by atoms with Gasteiger partial charge in [0.1, 0.15) is 11.6 Å². The van der Waals surface area contributed by atoms with Gasteiger partial charge in [0.05, 0.1) is 37.8 Å². The molecule has 2 aromatic rings.